The van der Waals surface area contributed by atoms with Crippen molar-refractivity contribution >= 4 is 0 Å². The standard InChI is InChI=1S/C27H40O2/c1-26(22-9-5-3-6-10-22)15-13-24(28)20(18-26)17-21-19-27(2,16-14-25(21)29)23-11-7-4-8-12-23/h13-16,22-23,28-29H,3-12,17-19H2,1-2H3. The van der Waals surface area contributed by atoms with Crippen LogP contribution in [0.5, 0.6) is 0 Å². The van der Waals surface area contributed by atoms with Gasteiger partial charge in [0.1, 0.15) is 11.5 Å². The molecule has 0 aliphatic heterocycles. The maximum absolute atomic E-state index is 10.7. The van der Waals surface area contributed by atoms with Crippen LogP contribution < -0.4 is 0 Å². The van der Waals surface area contributed by atoms with E-state index in [9.17, 15) is 10.2 Å². The number of hydrogen-bond acceptors (Lipinski definition) is 2. The highest BCUT2D eigenvalue weighted by molar-refractivity contribution is 5.36. The summed E-state index contributed by atoms with van der Waals surface area (Å²) in [5.74, 6) is 2.31. The van der Waals surface area contributed by atoms with E-state index in [-0.39, 0.29) is 10.8 Å². The van der Waals surface area contributed by atoms with Crippen LogP contribution in [0, 0.1) is 22.7 Å². The first kappa shape index (κ1) is 20.8. The Morgan fingerprint density at radius 1 is 0.690 bits per heavy atom. The van der Waals surface area contributed by atoms with Crippen LogP contribution in [0.4, 0.5) is 0 Å². The van der Waals surface area contributed by atoms with E-state index in [1.165, 1.54) is 64.2 Å². The van der Waals surface area contributed by atoms with Crippen molar-refractivity contribution in [3.05, 3.63) is 47.0 Å². The molecule has 2 heteroatoms. The maximum atomic E-state index is 10.7. The van der Waals surface area contributed by atoms with Crippen molar-refractivity contribution in [2.45, 2.75) is 97.3 Å². The van der Waals surface area contributed by atoms with Crippen LogP contribution in [0.2, 0.25) is 0 Å². The van der Waals surface area contributed by atoms with Crippen LogP contribution in [-0.4, -0.2) is 10.2 Å². The van der Waals surface area contributed by atoms with Crippen LogP contribution in [0.25, 0.3) is 0 Å². The average Bonchev–Trinajstić information content (AvgIpc) is 2.75. The minimum absolute atomic E-state index is 0.148. The molecule has 2 nitrogen and oxygen atoms in total. The lowest BCUT2D eigenvalue weighted by atomic mass is 9.63. The van der Waals surface area contributed by atoms with Crippen molar-refractivity contribution in [2.75, 3.05) is 0 Å². The molecule has 160 valence electrons. The smallest absolute Gasteiger partial charge is 0.114 e. The normalized spacial score (nSPS) is 34.8. The third kappa shape index (κ3) is 4.37. The Balaban J connectivity index is 1.49. The maximum Gasteiger partial charge on any atom is 0.114 e. The molecule has 2 N–H and O–H groups in total. The molecular weight excluding hydrogens is 356 g/mol. The third-order valence-corrected chi connectivity index (χ3v) is 8.66. The number of rotatable bonds is 4. The molecule has 4 aliphatic carbocycles. The van der Waals surface area contributed by atoms with Crippen LogP contribution in [-0.2, 0) is 0 Å². The van der Waals surface area contributed by atoms with Gasteiger partial charge in [-0.25, -0.2) is 0 Å². The van der Waals surface area contributed by atoms with Gasteiger partial charge in [0.15, 0.2) is 0 Å². The van der Waals surface area contributed by atoms with E-state index < -0.39 is 0 Å². The van der Waals surface area contributed by atoms with Crippen LogP contribution >= 0.6 is 0 Å². The lowest BCUT2D eigenvalue weighted by Gasteiger charge is -2.42. The van der Waals surface area contributed by atoms with Gasteiger partial charge >= 0.3 is 0 Å². The molecule has 0 spiro atoms. The lowest BCUT2D eigenvalue weighted by molar-refractivity contribution is 0.176. The summed E-state index contributed by atoms with van der Waals surface area (Å²) in [5, 5.41) is 21.3. The summed E-state index contributed by atoms with van der Waals surface area (Å²) >= 11 is 0. The van der Waals surface area contributed by atoms with Gasteiger partial charge in [0, 0.05) is 0 Å². The number of allylic oxidation sites excluding steroid dienone is 6. The first-order chi connectivity index (χ1) is 13.9. The molecule has 0 bridgehead atoms. The van der Waals surface area contributed by atoms with Gasteiger partial charge in [-0.1, -0.05) is 64.5 Å². The lowest BCUT2D eigenvalue weighted by Crippen LogP contribution is -2.31. The summed E-state index contributed by atoms with van der Waals surface area (Å²) in [7, 11) is 0. The first-order valence-electron chi connectivity index (χ1n) is 12.1. The third-order valence-electron chi connectivity index (χ3n) is 8.66. The Morgan fingerprint density at radius 3 is 1.45 bits per heavy atom. The van der Waals surface area contributed by atoms with Crippen LogP contribution in [0.15, 0.2) is 47.0 Å². The Hall–Kier alpha value is -1.44. The van der Waals surface area contributed by atoms with Gasteiger partial charge in [-0.3, -0.25) is 0 Å². The fraction of sp³-hybridized carbons (Fsp3) is 0.704. The zero-order valence-electron chi connectivity index (χ0n) is 18.6. The molecule has 4 aliphatic rings. The van der Waals surface area contributed by atoms with Crippen LogP contribution in [0.1, 0.15) is 97.3 Å². The molecule has 2 atom stereocenters. The van der Waals surface area contributed by atoms with Crippen LogP contribution in [0.3, 0.4) is 0 Å². The highest BCUT2D eigenvalue weighted by Crippen LogP contribution is 2.50. The summed E-state index contributed by atoms with van der Waals surface area (Å²) in [4.78, 5) is 0. The van der Waals surface area contributed by atoms with Gasteiger partial charge in [-0.2, -0.15) is 0 Å². The molecule has 2 saturated carbocycles. The minimum atomic E-state index is 0.148. The second kappa shape index (κ2) is 8.36. The zero-order valence-corrected chi connectivity index (χ0v) is 18.6. The average molecular weight is 397 g/mol. The van der Waals surface area contributed by atoms with Crippen molar-refractivity contribution in [3.8, 4) is 0 Å². The van der Waals surface area contributed by atoms with E-state index in [2.05, 4.69) is 26.0 Å². The monoisotopic (exact) mass is 396 g/mol. The van der Waals surface area contributed by atoms with Gasteiger partial charge in [0.25, 0.3) is 0 Å². The van der Waals surface area contributed by atoms with E-state index in [0.717, 1.165) is 42.2 Å². The Kier molecular flexibility index (Phi) is 6.00. The fourth-order valence-corrected chi connectivity index (χ4v) is 6.64. The topological polar surface area (TPSA) is 40.5 Å². The molecule has 0 saturated heterocycles. The van der Waals surface area contributed by atoms with E-state index in [1.807, 2.05) is 12.2 Å². The SMILES string of the molecule is CC1(C2CCCCC2)C=CC(O)=C(CC2=C(O)C=CC(C)(C3CCCCC3)C2)C1. The van der Waals surface area contributed by atoms with Gasteiger partial charge in [-0.15, -0.1) is 0 Å². The molecule has 2 unspecified atom stereocenters. The zero-order chi connectivity index (χ0) is 20.5. The Bertz CT molecular complexity index is 666. The highest BCUT2D eigenvalue weighted by atomic mass is 16.3. The van der Waals surface area contributed by atoms with Crippen molar-refractivity contribution in [1.82, 2.24) is 0 Å². The molecule has 0 heterocycles. The molecule has 0 aromatic heterocycles. The largest absolute Gasteiger partial charge is 0.508 e. The summed E-state index contributed by atoms with van der Waals surface area (Å²) in [5.41, 5.74) is 2.55. The van der Waals surface area contributed by atoms with Gasteiger partial charge in [0.2, 0.25) is 0 Å². The van der Waals surface area contributed by atoms with E-state index in [0.29, 0.717) is 11.5 Å². The fourth-order valence-electron chi connectivity index (χ4n) is 6.64. The molecule has 4 rings (SSSR count). The molecule has 29 heavy (non-hydrogen) atoms. The first-order valence-corrected chi connectivity index (χ1v) is 12.1. The summed E-state index contributed by atoms with van der Waals surface area (Å²) in [6.07, 6.45) is 24.4. The molecule has 0 aromatic carbocycles. The van der Waals surface area contributed by atoms with E-state index in [4.69, 9.17) is 0 Å². The highest BCUT2D eigenvalue weighted by Gasteiger charge is 2.39. The Labute approximate surface area is 177 Å². The second-order valence-corrected chi connectivity index (χ2v) is 10.9. The molecule has 0 radical (unpaired) electrons. The molecular formula is C27H40O2. The molecule has 2 fully saturated rings. The van der Waals surface area contributed by atoms with E-state index in [1.54, 1.807) is 0 Å². The van der Waals surface area contributed by atoms with Gasteiger partial charge < -0.3 is 10.2 Å². The number of hydrogen-bond donors (Lipinski definition) is 2. The predicted molar refractivity (Wildman–Crippen MR) is 121 cm³/mol. The van der Waals surface area contributed by atoms with Gasteiger partial charge in [-0.05, 0) is 90.9 Å². The van der Waals surface area contributed by atoms with Crippen molar-refractivity contribution in [1.29, 1.82) is 0 Å². The number of aliphatic hydroxyl groups is 2. The van der Waals surface area contributed by atoms with Crippen molar-refractivity contribution in [3.63, 3.8) is 0 Å². The Morgan fingerprint density at radius 2 is 1.07 bits per heavy atom. The summed E-state index contributed by atoms with van der Waals surface area (Å²) < 4.78 is 0. The van der Waals surface area contributed by atoms with E-state index >= 15 is 0 Å². The number of aliphatic hydroxyl groups excluding tert-OH is 2. The second-order valence-electron chi connectivity index (χ2n) is 10.9. The quantitative estimate of drug-likeness (QED) is 0.504. The van der Waals surface area contributed by atoms with Gasteiger partial charge in [0.05, 0.1) is 0 Å². The summed E-state index contributed by atoms with van der Waals surface area (Å²) in [6, 6.07) is 0. The minimum Gasteiger partial charge on any atom is -0.508 e. The summed E-state index contributed by atoms with van der Waals surface area (Å²) in [6.45, 7) is 4.76. The predicted octanol–water partition coefficient (Wildman–Crippen LogP) is 8.09. The van der Waals surface area contributed by atoms with Crippen molar-refractivity contribution < 1.29 is 10.2 Å². The molecule has 0 aromatic rings. The van der Waals surface area contributed by atoms with Crippen molar-refractivity contribution in [2.24, 2.45) is 22.7 Å². The molecule has 0 amide bonds.